The Balaban J connectivity index is 2.60. The molecule has 0 saturated carbocycles. The summed E-state index contributed by atoms with van der Waals surface area (Å²) in [4.78, 5) is 13.7. The van der Waals surface area contributed by atoms with Crippen molar-refractivity contribution >= 4 is 5.91 Å². The maximum Gasteiger partial charge on any atom is 0.225 e. The van der Waals surface area contributed by atoms with Crippen molar-refractivity contribution in [1.82, 2.24) is 4.90 Å². The number of nitrogens with zero attached hydrogens (tertiary/aromatic N) is 1. The topological polar surface area (TPSA) is 29.5 Å². The first-order valence-corrected chi connectivity index (χ1v) is 4.94. The maximum atomic E-state index is 11.7. The summed E-state index contributed by atoms with van der Waals surface area (Å²) in [5.74, 6) is 0.329. The number of morpholine rings is 1. The van der Waals surface area contributed by atoms with Crippen LogP contribution >= 0.6 is 0 Å². The molecule has 76 valence electrons. The zero-order valence-electron chi connectivity index (χ0n) is 8.91. The molecule has 1 rings (SSSR count). The van der Waals surface area contributed by atoms with E-state index in [2.05, 4.69) is 0 Å². The molecule has 0 radical (unpaired) electrons. The molecular weight excluding hydrogens is 166 g/mol. The van der Waals surface area contributed by atoms with E-state index in [1.54, 1.807) is 0 Å². The molecule has 0 aromatic carbocycles. The maximum absolute atomic E-state index is 11.7. The van der Waals surface area contributed by atoms with Gasteiger partial charge in [0.05, 0.1) is 18.8 Å². The predicted octanol–water partition coefficient (Wildman–Crippen LogP) is 1.28. The lowest BCUT2D eigenvalue weighted by atomic mass is 10.1. The van der Waals surface area contributed by atoms with Crippen LogP contribution < -0.4 is 0 Å². The molecular formula is C10H19NO2. The molecule has 0 aliphatic carbocycles. The third-order valence-electron chi connectivity index (χ3n) is 2.38. The van der Waals surface area contributed by atoms with Gasteiger partial charge in [-0.05, 0) is 13.8 Å². The average Bonchev–Trinajstić information content (AvgIpc) is 2.08. The standard InChI is InChI=1S/C10H19NO2/c1-7(2)10(12)11-5-9(4)13-6-8(11)3/h7-9H,5-6H2,1-4H3/t8-,9+/m1/s1. The van der Waals surface area contributed by atoms with Crippen molar-refractivity contribution in [2.75, 3.05) is 13.2 Å². The van der Waals surface area contributed by atoms with E-state index < -0.39 is 0 Å². The molecule has 0 unspecified atom stereocenters. The Morgan fingerprint density at radius 3 is 2.62 bits per heavy atom. The summed E-state index contributed by atoms with van der Waals surface area (Å²) in [5.41, 5.74) is 0. The summed E-state index contributed by atoms with van der Waals surface area (Å²) in [5, 5.41) is 0. The predicted molar refractivity (Wildman–Crippen MR) is 51.4 cm³/mol. The molecule has 1 heterocycles. The highest BCUT2D eigenvalue weighted by molar-refractivity contribution is 5.78. The summed E-state index contributed by atoms with van der Waals surface area (Å²) in [6, 6.07) is 0.228. The van der Waals surface area contributed by atoms with Crippen LogP contribution in [0.4, 0.5) is 0 Å². The van der Waals surface area contributed by atoms with E-state index in [1.165, 1.54) is 0 Å². The first kappa shape index (κ1) is 10.5. The largest absolute Gasteiger partial charge is 0.375 e. The lowest BCUT2D eigenvalue weighted by molar-refractivity contribution is -0.146. The van der Waals surface area contributed by atoms with Gasteiger partial charge in [0.25, 0.3) is 0 Å². The SMILES string of the molecule is CC(C)C(=O)N1C[C@H](C)OC[C@H]1C. The third-order valence-corrected chi connectivity index (χ3v) is 2.38. The first-order chi connectivity index (χ1) is 6.02. The van der Waals surface area contributed by atoms with Crippen molar-refractivity contribution < 1.29 is 9.53 Å². The Kier molecular flexibility index (Phi) is 3.31. The Bertz CT molecular complexity index is 191. The highest BCUT2D eigenvalue weighted by Gasteiger charge is 2.28. The number of ether oxygens (including phenoxy) is 1. The monoisotopic (exact) mass is 185 g/mol. The van der Waals surface area contributed by atoms with Gasteiger partial charge in [0, 0.05) is 12.5 Å². The lowest BCUT2D eigenvalue weighted by Crippen LogP contribution is -2.51. The molecule has 0 aromatic heterocycles. The third kappa shape index (κ3) is 2.44. The van der Waals surface area contributed by atoms with Gasteiger partial charge in [-0.2, -0.15) is 0 Å². The number of hydrogen-bond acceptors (Lipinski definition) is 2. The highest BCUT2D eigenvalue weighted by Crippen LogP contribution is 2.14. The molecule has 13 heavy (non-hydrogen) atoms. The summed E-state index contributed by atoms with van der Waals surface area (Å²) < 4.78 is 5.46. The van der Waals surface area contributed by atoms with Crippen LogP contribution in [0.25, 0.3) is 0 Å². The van der Waals surface area contributed by atoms with Crippen LogP contribution in [-0.4, -0.2) is 36.1 Å². The van der Waals surface area contributed by atoms with E-state index in [0.717, 1.165) is 6.54 Å². The average molecular weight is 185 g/mol. The molecule has 0 aromatic rings. The number of hydrogen-bond donors (Lipinski definition) is 0. The second-order valence-electron chi connectivity index (χ2n) is 4.14. The zero-order valence-corrected chi connectivity index (χ0v) is 8.91. The molecule has 1 aliphatic heterocycles. The van der Waals surface area contributed by atoms with Crippen molar-refractivity contribution in [3.63, 3.8) is 0 Å². The highest BCUT2D eigenvalue weighted by atomic mass is 16.5. The van der Waals surface area contributed by atoms with Crippen LogP contribution in [0.5, 0.6) is 0 Å². The second kappa shape index (κ2) is 4.09. The van der Waals surface area contributed by atoms with Crippen LogP contribution in [-0.2, 0) is 9.53 Å². The van der Waals surface area contributed by atoms with Gasteiger partial charge in [0.1, 0.15) is 0 Å². The molecule has 0 bridgehead atoms. The normalized spacial score (nSPS) is 29.5. The molecule has 1 amide bonds. The van der Waals surface area contributed by atoms with Gasteiger partial charge in [0.15, 0.2) is 0 Å². The quantitative estimate of drug-likeness (QED) is 0.616. The molecule has 0 spiro atoms. The Morgan fingerprint density at radius 2 is 2.08 bits per heavy atom. The van der Waals surface area contributed by atoms with Crippen LogP contribution in [0.15, 0.2) is 0 Å². The Hall–Kier alpha value is -0.570. The molecule has 1 saturated heterocycles. The van der Waals surface area contributed by atoms with Crippen LogP contribution in [0.1, 0.15) is 27.7 Å². The molecule has 1 fully saturated rings. The van der Waals surface area contributed by atoms with Crippen LogP contribution in [0, 0.1) is 5.92 Å². The van der Waals surface area contributed by atoms with Gasteiger partial charge in [0.2, 0.25) is 5.91 Å². The van der Waals surface area contributed by atoms with Gasteiger partial charge in [-0.25, -0.2) is 0 Å². The van der Waals surface area contributed by atoms with Gasteiger partial charge in [-0.1, -0.05) is 13.8 Å². The smallest absolute Gasteiger partial charge is 0.225 e. The van der Waals surface area contributed by atoms with Crippen LogP contribution in [0.3, 0.4) is 0 Å². The van der Waals surface area contributed by atoms with E-state index in [4.69, 9.17) is 4.74 Å². The molecule has 2 atom stereocenters. The minimum atomic E-state index is 0.0905. The van der Waals surface area contributed by atoms with Crippen LogP contribution in [0.2, 0.25) is 0 Å². The number of rotatable bonds is 1. The molecule has 3 nitrogen and oxygen atoms in total. The summed E-state index contributed by atoms with van der Waals surface area (Å²) in [6.45, 7) is 9.32. The van der Waals surface area contributed by atoms with Gasteiger partial charge < -0.3 is 9.64 Å². The van der Waals surface area contributed by atoms with Crippen molar-refractivity contribution in [1.29, 1.82) is 0 Å². The summed E-state index contributed by atoms with van der Waals surface area (Å²) in [7, 11) is 0. The fourth-order valence-corrected chi connectivity index (χ4v) is 1.54. The van der Waals surface area contributed by atoms with Gasteiger partial charge in [-0.3, -0.25) is 4.79 Å². The lowest BCUT2D eigenvalue weighted by Gasteiger charge is -2.37. The number of amides is 1. The van der Waals surface area contributed by atoms with E-state index in [1.807, 2.05) is 32.6 Å². The zero-order chi connectivity index (χ0) is 10.0. The minimum Gasteiger partial charge on any atom is -0.375 e. The van der Waals surface area contributed by atoms with Crippen molar-refractivity contribution in [2.45, 2.75) is 39.8 Å². The van der Waals surface area contributed by atoms with Crippen molar-refractivity contribution in [3.05, 3.63) is 0 Å². The van der Waals surface area contributed by atoms with Crippen molar-refractivity contribution in [3.8, 4) is 0 Å². The second-order valence-corrected chi connectivity index (χ2v) is 4.14. The number of carbonyl (C=O) groups excluding carboxylic acids is 1. The molecule has 1 aliphatic rings. The van der Waals surface area contributed by atoms with E-state index >= 15 is 0 Å². The van der Waals surface area contributed by atoms with E-state index in [-0.39, 0.29) is 24.0 Å². The number of carbonyl (C=O) groups is 1. The van der Waals surface area contributed by atoms with E-state index in [9.17, 15) is 4.79 Å². The molecule has 3 heteroatoms. The first-order valence-electron chi connectivity index (χ1n) is 4.94. The van der Waals surface area contributed by atoms with Crippen molar-refractivity contribution in [2.24, 2.45) is 5.92 Å². The summed E-state index contributed by atoms with van der Waals surface area (Å²) >= 11 is 0. The Labute approximate surface area is 80.1 Å². The fourth-order valence-electron chi connectivity index (χ4n) is 1.54. The fraction of sp³-hybridized carbons (Fsp3) is 0.900. The van der Waals surface area contributed by atoms with E-state index in [0.29, 0.717) is 6.61 Å². The van der Waals surface area contributed by atoms with Gasteiger partial charge in [-0.15, -0.1) is 0 Å². The molecule has 0 N–H and O–H groups in total. The minimum absolute atomic E-state index is 0.0905. The van der Waals surface area contributed by atoms with Gasteiger partial charge >= 0.3 is 0 Å². The summed E-state index contributed by atoms with van der Waals surface area (Å²) in [6.07, 6.45) is 0.180. The Morgan fingerprint density at radius 1 is 1.46 bits per heavy atom.